The minimum absolute atomic E-state index is 0.276. The van der Waals surface area contributed by atoms with Gasteiger partial charge in [-0.1, -0.05) is 11.6 Å². The van der Waals surface area contributed by atoms with Crippen molar-refractivity contribution in [2.45, 2.75) is 32.9 Å². The van der Waals surface area contributed by atoms with E-state index in [1.807, 2.05) is 33.0 Å². The quantitative estimate of drug-likeness (QED) is 0.423. The summed E-state index contributed by atoms with van der Waals surface area (Å²) in [6, 6.07) is 3.67. The third-order valence-electron chi connectivity index (χ3n) is 4.27. The molecular weight excluding hydrogens is 394 g/mol. The van der Waals surface area contributed by atoms with Crippen molar-refractivity contribution in [1.29, 1.82) is 0 Å². The van der Waals surface area contributed by atoms with E-state index in [1.165, 1.54) is 0 Å². The first kappa shape index (κ1) is 22.8. The van der Waals surface area contributed by atoms with Crippen LogP contribution in [0.25, 0.3) is 0 Å². The van der Waals surface area contributed by atoms with E-state index in [0.29, 0.717) is 42.2 Å². The van der Waals surface area contributed by atoms with E-state index in [1.54, 1.807) is 31.1 Å². The molecule has 0 spiro atoms. The van der Waals surface area contributed by atoms with Crippen molar-refractivity contribution in [2.75, 3.05) is 26.8 Å². The molecule has 0 saturated carbocycles. The Labute approximate surface area is 176 Å². The van der Waals surface area contributed by atoms with Gasteiger partial charge in [-0.15, -0.1) is 0 Å². The zero-order valence-electron chi connectivity index (χ0n) is 17.6. The van der Waals surface area contributed by atoms with Crippen molar-refractivity contribution in [3.63, 3.8) is 0 Å². The van der Waals surface area contributed by atoms with E-state index in [9.17, 15) is 5.11 Å². The molecule has 1 aromatic heterocycles. The standard InChI is InChI=1S/C20H30ClN5O3/c1-6-22-19(24-13-20(3,27)15-11-25-26(4)12-15)23-10-14-8-16(21)18(29-7-2)17(9-14)28-5/h8-9,11-12,27H,6-7,10,13H2,1-5H3,(H2,22,23,24). The van der Waals surface area contributed by atoms with Crippen LogP contribution in [-0.2, 0) is 19.2 Å². The van der Waals surface area contributed by atoms with Crippen LogP contribution in [0.1, 0.15) is 31.9 Å². The number of aliphatic imine (C=N–C) groups is 1. The SMILES string of the molecule is CCNC(=NCc1cc(Cl)c(OCC)c(OC)c1)NCC(C)(O)c1cnn(C)c1. The number of hydrogen-bond donors (Lipinski definition) is 3. The largest absolute Gasteiger partial charge is 0.493 e. The lowest BCUT2D eigenvalue weighted by atomic mass is 10.00. The number of nitrogens with one attached hydrogen (secondary N) is 2. The van der Waals surface area contributed by atoms with Gasteiger partial charge in [-0.25, -0.2) is 4.99 Å². The van der Waals surface area contributed by atoms with Crippen LogP contribution in [0.15, 0.2) is 29.5 Å². The third-order valence-corrected chi connectivity index (χ3v) is 4.55. The second-order valence-corrected chi connectivity index (χ2v) is 7.17. The van der Waals surface area contributed by atoms with Crippen LogP contribution in [0, 0.1) is 0 Å². The predicted octanol–water partition coefficient (Wildman–Crippen LogP) is 2.44. The van der Waals surface area contributed by atoms with Gasteiger partial charge in [0.25, 0.3) is 0 Å². The van der Waals surface area contributed by atoms with Gasteiger partial charge in [0.2, 0.25) is 0 Å². The highest BCUT2D eigenvalue weighted by atomic mass is 35.5. The molecule has 0 aliphatic heterocycles. The molecule has 2 rings (SSSR count). The topological polar surface area (TPSA) is 92.9 Å². The van der Waals surface area contributed by atoms with Crippen molar-refractivity contribution >= 4 is 17.6 Å². The third kappa shape index (κ3) is 6.27. The first-order valence-corrected chi connectivity index (χ1v) is 9.91. The number of aryl methyl sites for hydroxylation is 1. The fraction of sp³-hybridized carbons (Fsp3) is 0.500. The number of guanidine groups is 1. The molecule has 9 heteroatoms. The molecule has 1 heterocycles. The highest BCUT2D eigenvalue weighted by molar-refractivity contribution is 6.32. The number of nitrogens with zero attached hydrogens (tertiary/aromatic N) is 3. The number of hydrogen-bond acceptors (Lipinski definition) is 5. The lowest BCUT2D eigenvalue weighted by Crippen LogP contribution is -2.44. The van der Waals surface area contributed by atoms with Gasteiger partial charge in [-0.2, -0.15) is 5.10 Å². The molecule has 8 nitrogen and oxygen atoms in total. The highest BCUT2D eigenvalue weighted by Crippen LogP contribution is 2.36. The molecule has 0 bridgehead atoms. The minimum atomic E-state index is -1.09. The minimum Gasteiger partial charge on any atom is -0.493 e. The Bertz CT molecular complexity index is 836. The second kappa shape index (κ2) is 10.4. The lowest BCUT2D eigenvalue weighted by molar-refractivity contribution is 0.0616. The Morgan fingerprint density at radius 3 is 2.69 bits per heavy atom. The molecule has 1 unspecified atom stereocenters. The molecule has 0 radical (unpaired) electrons. The fourth-order valence-electron chi connectivity index (χ4n) is 2.72. The van der Waals surface area contributed by atoms with Crippen LogP contribution in [-0.4, -0.2) is 47.7 Å². The van der Waals surface area contributed by atoms with Crippen molar-refractivity contribution in [3.05, 3.63) is 40.7 Å². The summed E-state index contributed by atoms with van der Waals surface area (Å²) >= 11 is 6.33. The molecule has 3 N–H and O–H groups in total. The van der Waals surface area contributed by atoms with Crippen LogP contribution in [0.2, 0.25) is 5.02 Å². The molecule has 1 atom stereocenters. The summed E-state index contributed by atoms with van der Waals surface area (Å²) in [7, 11) is 3.39. The van der Waals surface area contributed by atoms with E-state index in [4.69, 9.17) is 21.1 Å². The summed E-state index contributed by atoms with van der Waals surface area (Å²) < 4.78 is 12.6. The normalized spacial score (nSPS) is 13.7. The molecule has 0 aliphatic carbocycles. The highest BCUT2D eigenvalue weighted by Gasteiger charge is 2.25. The molecule has 0 amide bonds. The van der Waals surface area contributed by atoms with Gasteiger partial charge < -0.3 is 25.2 Å². The molecule has 29 heavy (non-hydrogen) atoms. The Morgan fingerprint density at radius 1 is 1.34 bits per heavy atom. The zero-order chi connectivity index (χ0) is 21.4. The van der Waals surface area contributed by atoms with Gasteiger partial charge in [-0.3, -0.25) is 4.68 Å². The van der Waals surface area contributed by atoms with Crippen LogP contribution in [0.3, 0.4) is 0 Å². The average Bonchev–Trinajstić information content (AvgIpc) is 3.13. The number of benzene rings is 1. The summed E-state index contributed by atoms with van der Waals surface area (Å²) in [5, 5.41) is 21.7. The van der Waals surface area contributed by atoms with E-state index in [0.717, 1.165) is 11.1 Å². The van der Waals surface area contributed by atoms with Gasteiger partial charge in [0.05, 0.1) is 38.0 Å². The van der Waals surface area contributed by atoms with Crippen LogP contribution >= 0.6 is 11.6 Å². The van der Waals surface area contributed by atoms with E-state index >= 15 is 0 Å². The van der Waals surface area contributed by atoms with Gasteiger partial charge in [-0.05, 0) is 38.5 Å². The maximum absolute atomic E-state index is 10.7. The van der Waals surface area contributed by atoms with Gasteiger partial charge in [0.1, 0.15) is 5.60 Å². The van der Waals surface area contributed by atoms with Crippen LogP contribution < -0.4 is 20.1 Å². The molecule has 0 fully saturated rings. The number of aliphatic hydroxyl groups is 1. The predicted molar refractivity (Wildman–Crippen MR) is 115 cm³/mol. The van der Waals surface area contributed by atoms with E-state index < -0.39 is 5.60 Å². The number of rotatable bonds is 9. The first-order chi connectivity index (χ1) is 13.8. The second-order valence-electron chi connectivity index (χ2n) is 6.77. The molecule has 1 aromatic carbocycles. The van der Waals surface area contributed by atoms with Crippen molar-refractivity contribution in [1.82, 2.24) is 20.4 Å². The molecule has 0 aliphatic rings. The number of halogens is 1. The Kier molecular flexibility index (Phi) is 8.16. The maximum Gasteiger partial charge on any atom is 0.191 e. The number of methoxy groups -OCH3 is 1. The summed E-state index contributed by atoms with van der Waals surface area (Å²) in [5.41, 5.74) is 0.522. The molecule has 2 aromatic rings. The Hall–Kier alpha value is -2.45. The van der Waals surface area contributed by atoms with E-state index in [-0.39, 0.29) is 6.54 Å². The van der Waals surface area contributed by atoms with Crippen molar-refractivity contribution < 1.29 is 14.6 Å². The Balaban J connectivity index is 2.11. The van der Waals surface area contributed by atoms with Gasteiger partial charge in [0, 0.05) is 25.4 Å². The van der Waals surface area contributed by atoms with Crippen LogP contribution in [0.4, 0.5) is 0 Å². The van der Waals surface area contributed by atoms with Crippen molar-refractivity contribution in [2.24, 2.45) is 12.0 Å². The first-order valence-electron chi connectivity index (χ1n) is 9.53. The Morgan fingerprint density at radius 2 is 2.10 bits per heavy atom. The van der Waals surface area contributed by atoms with Crippen LogP contribution in [0.5, 0.6) is 11.5 Å². The number of ether oxygens (including phenoxy) is 2. The fourth-order valence-corrected chi connectivity index (χ4v) is 3.01. The smallest absolute Gasteiger partial charge is 0.191 e. The maximum atomic E-state index is 10.7. The average molecular weight is 424 g/mol. The zero-order valence-corrected chi connectivity index (χ0v) is 18.4. The van der Waals surface area contributed by atoms with Crippen molar-refractivity contribution in [3.8, 4) is 11.5 Å². The number of aromatic nitrogens is 2. The monoisotopic (exact) mass is 423 g/mol. The van der Waals surface area contributed by atoms with Gasteiger partial charge >= 0.3 is 0 Å². The summed E-state index contributed by atoms with van der Waals surface area (Å²) in [6.07, 6.45) is 3.44. The molecule has 0 saturated heterocycles. The van der Waals surface area contributed by atoms with Gasteiger partial charge in [0.15, 0.2) is 17.5 Å². The molecule has 160 valence electrons. The molecular formula is C20H30ClN5O3. The van der Waals surface area contributed by atoms with E-state index in [2.05, 4.69) is 20.7 Å². The summed E-state index contributed by atoms with van der Waals surface area (Å²) in [5.74, 6) is 1.68. The lowest BCUT2D eigenvalue weighted by Gasteiger charge is -2.23. The summed E-state index contributed by atoms with van der Waals surface area (Å²) in [6.45, 7) is 7.45. The summed E-state index contributed by atoms with van der Waals surface area (Å²) in [4.78, 5) is 4.59.